The molecule has 0 saturated heterocycles. The second kappa shape index (κ2) is 4.08. The number of aliphatic hydroxyl groups is 1. The van der Waals surface area contributed by atoms with E-state index in [0.29, 0.717) is 6.42 Å². The van der Waals surface area contributed by atoms with Gasteiger partial charge >= 0.3 is 0 Å². The Morgan fingerprint density at radius 1 is 1.00 bits per heavy atom. The Morgan fingerprint density at radius 2 is 1.65 bits per heavy atom. The molecule has 2 aliphatic rings. The average Bonchev–Trinajstić information content (AvgIpc) is 2.66. The fourth-order valence-electron chi connectivity index (χ4n) is 3.88. The van der Waals surface area contributed by atoms with Crippen molar-refractivity contribution >= 4 is 11.6 Å². The van der Waals surface area contributed by atoms with Gasteiger partial charge in [0.25, 0.3) is 0 Å². The standard InChI is InChI=1S/C17H16ClNO/c18-17-11-12-5-1-2-6-13(12)16(19-17,9-10-20)14-7-3-4-8-15(14)17/h1-8,19-20H,9-11H2/t16-,17+/m1/s1. The third-order valence-electron chi connectivity index (χ3n) is 4.62. The minimum absolute atomic E-state index is 0.128. The first kappa shape index (κ1) is 12.4. The molecule has 0 unspecified atom stereocenters. The lowest BCUT2D eigenvalue weighted by Crippen LogP contribution is -2.51. The number of nitrogens with one attached hydrogen (secondary N) is 1. The van der Waals surface area contributed by atoms with E-state index in [1.807, 2.05) is 12.1 Å². The van der Waals surface area contributed by atoms with E-state index in [0.717, 1.165) is 12.0 Å². The second-order valence-electron chi connectivity index (χ2n) is 5.68. The van der Waals surface area contributed by atoms with Gasteiger partial charge in [-0.3, -0.25) is 5.32 Å². The topological polar surface area (TPSA) is 32.3 Å². The van der Waals surface area contributed by atoms with Crippen LogP contribution in [0.2, 0.25) is 0 Å². The molecule has 2 aromatic carbocycles. The van der Waals surface area contributed by atoms with E-state index in [1.165, 1.54) is 16.7 Å². The highest BCUT2D eigenvalue weighted by atomic mass is 35.5. The number of rotatable bonds is 2. The maximum absolute atomic E-state index is 9.59. The van der Waals surface area contributed by atoms with E-state index in [-0.39, 0.29) is 12.1 Å². The maximum atomic E-state index is 9.59. The molecule has 20 heavy (non-hydrogen) atoms. The summed E-state index contributed by atoms with van der Waals surface area (Å²) in [7, 11) is 0. The minimum Gasteiger partial charge on any atom is -0.396 e. The summed E-state index contributed by atoms with van der Waals surface area (Å²) in [6.07, 6.45) is 1.41. The van der Waals surface area contributed by atoms with Gasteiger partial charge in [-0.2, -0.15) is 0 Å². The van der Waals surface area contributed by atoms with Gasteiger partial charge in [0.1, 0.15) is 5.00 Å². The molecule has 2 aliphatic heterocycles. The third kappa shape index (κ3) is 1.42. The van der Waals surface area contributed by atoms with E-state index in [1.54, 1.807) is 0 Å². The summed E-state index contributed by atoms with van der Waals surface area (Å²) in [6.45, 7) is 0.128. The number of fused-ring (bicyclic) bond motifs is 7. The van der Waals surface area contributed by atoms with Crippen molar-refractivity contribution < 1.29 is 5.11 Å². The molecule has 0 fully saturated rings. The normalized spacial score (nSPS) is 29.9. The highest BCUT2D eigenvalue weighted by molar-refractivity contribution is 6.24. The van der Waals surface area contributed by atoms with Gasteiger partial charge in [0.15, 0.2) is 0 Å². The van der Waals surface area contributed by atoms with Crippen LogP contribution >= 0.6 is 11.6 Å². The van der Waals surface area contributed by atoms with Crippen LogP contribution in [-0.4, -0.2) is 11.7 Å². The van der Waals surface area contributed by atoms with Crippen molar-refractivity contribution in [1.82, 2.24) is 5.32 Å². The molecule has 0 spiro atoms. The summed E-state index contributed by atoms with van der Waals surface area (Å²) in [6, 6.07) is 16.7. The zero-order valence-electron chi connectivity index (χ0n) is 11.1. The lowest BCUT2D eigenvalue weighted by Gasteiger charge is -2.40. The van der Waals surface area contributed by atoms with E-state index < -0.39 is 5.00 Å². The first-order chi connectivity index (χ1) is 9.70. The van der Waals surface area contributed by atoms with Crippen LogP contribution in [0.25, 0.3) is 0 Å². The Balaban J connectivity index is 2.06. The van der Waals surface area contributed by atoms with Crippen LogP contribution in [0.3, 0.4) is 0 Å². The summed E-state index contributed by atoms with van der Waals surface area (Å²) in [5.41, 5.74) is 4.50. The highest BCUT2D eigenvalue weighted by Gasteiger charge is 2.55. The van der Waals surface area contributed by atoms with Crippen molar-refractivity contribution in [2.45, 2.75) is 23.4 Å². The lowest BCUT2D eigenvalue weighted by molar-refractivity contribution is 0.219. The van der Waals surface area contributed by atoms with Gasteiger partial charge in [-0.05, 0) is 28.7 Å². The number of halogens is 1. The van der Waals surface area contributed by atoms with Gasteiger partial charge in [-0.25, -0.2) is 0 Å². The fraction of sp³-hybridized carbons (Fsp3) is 0.294. The van der Waals surface area contributed by atoms with Gasteiger partial charge in [0, 0.05) is 13.0 Å². The number of benzene rings is 2. The Morgan fingerprint density at radius 3 is 2.40 bits per heavy atom. The highest BCUT2D eigenvalue weighted by Crippen LogP contribution is 2.54. The van der Waals surface area contributed by atoms with Crippen LogP contribution in [0.15, 0.2) is 48.5 Å². The molecule has 2 aromatic rings. The molecule has 0 radical (unpaired) electrons. The van der Waals surface area contributed by atoms with Crippen LogP contribution in [0.1, 0.15) is 28.7 Å². The molecule has 0 aliphatic carbocycles. The number of aliphatic hydroxyl groups excluding tert-OH is 1. The van der Waals surface area contributed by atoms with Crippen LogP contribution in [0.5, 0.6) is 0 Å². The summed E-state index contributed by atoms with van der Waals surface area (Å²) in [4.78, 5) is -0.555. The molecule has 0 aromatic heterocycles. The molecule has 0 amide bonds. The first-order valence-corrected chi connectivity index (χ1v) is 7.35. The summed E-state index contributed by atoms with van der Waals surface area (Å²) in [5, 5.41) is 13.2. The molecule has 2 nitrogen and oxygen atoms in total. The first-order valence-electron chi connectivity index (χ1n) is 6.97. The SMILES string of the molecule is OCC[C@@]12N[C@@](Cl)(Cc3ccccc31)c1ccccc12. The molecular weight excluding hydrogens is 270 g/mol. The molecule has 4 rings (SSSR count). The fourth-order valence-corrected chi connectivity index (χ4v) is 4.35. The van der Waals surface area contributed by atoms with Gasteiger partial charge in [0.2, 0.25) is 0 Å². The van der Waals surface area contributed by atoms with E-state index in [9.17, 15) is 5.11 Å². The number of hydrogen-bond donors (Lipinski definition) is 2. The van der Waals surface area contributed by atoms with Gasteiger partial charge in [-0.15, -0.1) is 0 Å². The monoisotopic (exact) mass is 285 g/mol. The van der Waals surface area contributed by atoms with Crippen molar-refractivity contribution in [1.29, 1.82) is 0 Å². The Hall–Kier alpha value is -1.35. The van der Waals surface area contributed by atoms with E-state index in [2.05, 4.69) is 41.7 Å². The summed E-state index contributed by atoms with van der Waals surface area (Å²) in [5.74, 6) is 0. The summed E-state index contributed by atoms with van der Waals surface area (Å²) >= 11 is 6.89. The van der Waals surface area contributed by atoms with E-state index >= 15 is 0 Å². The number of hydrogen-bond acceptors (Lipinski definition) is 2. The molecule has 102 valence electrons. The Bertz CT molecular complexity index is 686. The number of alkyl halides is 1. The lowest BCUT2D eigenvalue weighted by atomic mass is 9.78. The second-order valence-corrected chi connectivity index (χ2v) is 6.33. The van der Waals surface area contributed by atoms with Gasteiger partial charge in [0.05, 0.1) is 5.54 Å². The van der Waals surface area contributed by atoms with E-state index in [4.69, 9.17) is 11.6 Å². The van der Waals surface area contributed by atoms with Crippen LogP contribution < -0.4 is 5.32 Å². The molecule has 2 bridgehead atoms. The minimum atomic E-state index is -0.555. The van der Waals surface area contributed by atoms with Gasteiger partial charge < -0.3 is 5.11 Å². The zero-order valence-corrected chi connectivity index (χ0v) is 11.8. The predicted octanol–water partition coefficient (Wildman–Crippen LogP) is 2.86. The quantitative estimate of drug-likeness (QED) is 0.657. The van der Waals surface area contributed by atoms with Crippen molar-refractivity contribution in [3.05, 3.63) is 70.8 Å². The maximum Gasteiger partial charge on any atom is 0.124 e. The van der Waals surface area contributed by atoms with Crippen molar-refractivity contribution in [3.63, 3.8) is 0 Å². The summed E-state index contributed by atoms with van der Waals surface area (Å²) < 4.78 is 0. The van der Waals surface area contributed by atoms with Crippen LogP contribution in [0.4, 0.5) is 0 Å². The molecule has 3 heteroatoms. The molecule has 2 heterocycles. The molecular formula is C17H16ClNO. The zero-order chi connectivity index (χ0) is 13.8. The van der Waals surface area contributed by atoms with Crippen LogP contribution in [0, 0.1) is 0 Å². The Labute approximate surface area is 123 Å². The smallest absolute Gasteiger partial charge is 0.124 e. The largest absolute Gasteiger partial charge is 0.396 e. The molecule has 2 N–H and O–H groups in total. The molecule has 0 saturated carbocycles. The van der Waals surface area contributed by atoms with Crippen molar-refractivity contribution in [2.75, 3.05) is 6.61 Å². The van der Waals surface area contributed by atoms with Crippen molar-refractivity contribution in [2.24, 2.45) is 0 Å². The molecule has 2 atom stereocenters. The third-order valence-corrected chi connectivity index (χ3v) is 5.06. The van der Waals surface area contributed by atoms with Gasteiger partial charge in [-0.1, -0.05) is 60.1 Å². The average molecular weight is 286 g/mol. The Kier molecular flexibility index (Phi) is 2.53. The predicted molar refractivity (Wildman–Crippen MR) is 79.7 cm³/mol. The van der Waals surface area contributed by atoms with Crippen LogP contribution in [-0.2, 0) is 17.0 Å². The van der Waals surface area contributed by atoms with Crippen molar-refractivity contribution in [3.8, 4) is 0 Å².